The minimum Gasteiger partial charge on any atom is -0.464 e. The quantitative estimate of drug-likeness (QED) is 0.698. The van der Waals surface area contributed by atoms with Crippen LogP contribution < -0.4 is 9.64 Å². The highest BCUT2D eigenvalue weighted by molar-refractivity contribution is 5.88. The number of ether oxygens (including phenoxy) is 2. The first kappa shape index (κ1) is 16.6. The molecule has 10 heteroatoms. The molecule has 0 aliphatic carbocycles. The van der Waals surface area contributed by atoms with Crippen molar-refractivity contribution in [2.24, 2.45) is 0 Å². The van der Waals surface area contributed by atoms with Crippen molar-refractivity contribution >= 4 is 11.9 Å². The summed E-state index contributed by atoms with van der Waals surface area (Å²) in [5.74, 6) is 0.0851. The maximum absolute atomic E-state index is 11.8. The van der Waals surface area contributed by atoms with Crippen molar-refractivity contribution in [3.05, 3.63) is 11.4 Å². The van der Waals surface area contributed by atoms with Crippen molar-refractivity contribution in [2.75, 3.05) is 32.2 Å². The lowest BCUT2D eigenvalue weighted by Crippen LogP contribution is -2.17. The highest BCUT2D eigenvalue weighted by Gasteiger charge is 2.21. The lowest BCUT2D eigenvalue weighted by Gasteiger charge is -2.12. The Bertz CT molecular complexity index is 699. The minimum absolute atomic E-state index is 0.122. The molecule has 0 spiro atoms. The summed E-state index contributed by atoms with van der Waals surface area (Å²) < 4.78 is 11.6. The van der Waals surface area contributed by atoms with Gasteiger partial charge in [0.05, 0.1) is 18.9 Å². The van der Waals surface area contributed by atoms with Gasteiger partial charge in [0.25, 0.3) is 5.95 Å². The summed E-state index contributed by atoms with van der Waals surface area (Å²) in [6.07, 6.45) is 0. The average Bonchev–Trinajstić information content (AvgIpc) is 2.89. The van der Waals surface area contributed by atoms with Crippen LogP contribution in [0, 0.1) is 6.92 Å². The lowest BCUT2D eigenvalue weighted by atomic mass is 10.3. The summed E-state index contributed by atoms with van der Waals surface area (Å²) in [5.41, 5.74) is 0.596. The number of anilines is 1. The second kappa shape index (κ2) is 6.99. The zero-order valence-corrected chi connectivity index (χ0v) is 13.8. The van der Waals surface area contributed by atoms with Crippen molar-refractivity contribution in [1.29, 1.82) is 0 Å². The third-order valence-corrected chi connectivity index (χ3v) is 2.82. The van der Waals surface area contributed by atoms with Gasteiger partial charge in [0.15, 0.2) is 5.69 Å². The zero-order chi connectivity index (χ0) is 17.0. The van der Waals surface area contributed by atoms with Crippen LogP contribution >= 0.6 is 0 Å². The second-order valence-corrected chi connectivity index (χ2v) is 4.70. The van der Waals surface area contributed by atoms with Gasteiger partial charge < -0.3 is 14.4 Å². The molecule has 2 heterocycles. The van der Waals surface area contributed by atoms with Crippen LogP contribution in [0.5, 0.6) is 6.01 Å². The predicted molar refractivity (Wildman–Crippen MR) is 80.9 cm³/mol. The highest BCUT2D eigenvalue weighted by Crippen LogP contribution is 2.15. The fraction of sp³-hybridized carbons (Fsp3) is 0.538. The Morgan fingerprint density at radius 3 is 2.52 bits per heavy atom. The molecule has 0 saturated carbocycles. The number of hydrogen-bond donors (Lipinski definition) is 0. The molecule has 0 unspecified atom stereocenters. The van der Waals surface area contributed by atoms with E-state index in [4.69, 9.17) is 9.47 Å². The Kier molecular flexibility index (Phi) is 5.04. The van der Waals surface area contributed by atoms with Gasteiger partial charge in [-0.2, -0.15) is 19.6 Å². The first-order valence-electron chi connectivity index (χ1n) is 7.13. The van der Waals surface area contributed by atoms with Crippen LogP contribution in [0.3, 0.4) is 0 Å². The molecule has 2 aromatic heterocycles. The third kappa shape index (κ3) is 3.52. The summed E-state index contributed by atoms with van der Waals surface area (Å²) in [6, 6.07) is 0.175. The summed E-state index contributed by atoms with van der Waals surface area (Å²) in [6.45, 7) is 5.92. The van der Waals surface area contributed by atoms with Crippen molar-refractivity contribution in [2.45, 2.75) is 20.8 Å². The van der Waals surface area contributed by atoms with Gasteiger partial charge in [0.1, 0.15) is 0 Å². The second-order valence-electron chi connectivity index (χ2n) is 4.70. The summed E-state index contributed by atoms with van der Waals surface area (Å²) in [7, 11) is 3.60. The fourth-order valence-corrected chi connectivity index (χ4v) is 1.73. The number of hydrogen-bond acceptors (Lipinski definition) is 9. The molecular formula is C13H19N7O3. The first-order valence-corrected chi connectivity index (χ1v) is 7.13. The first-order chi connectivity index (χ1) is 11.0. The van der Waals surface area contributed by atoms with E-state index in [1.54, 1.807) is 32.8 Å². The van der Waals surface area contributed by atoms with E-state index < -0.39 is 5.97 Å². The van der Waals surface area contributed by atoms with E-state index in [9.17, 15) is 4.79 Å². The Labute approximate surface area is 133 Å². The molecule has 0 aromatic carbocycles. The van der Waals surface area contributed by atoms with Gasteiger partial charge in [-0.25, -0.2) is 4.79 Å². The number of aromatic nitrogens is 6. The molecule has 0 fully saturated rings. The van der Waals surface area contributed by atoms with Crippen molar-refractivity contribution in [3.8, 4) is 12.0 Å². The number of esters is 1. The van der Waals surface area contributed by atoms with Crippen molar-refractivity contribution < 1.29 is 14.3 Å². The molecule has 0 bridgehead atoms. The van der Waals surface area contributed by atoms with Gasteiger partial charge in [-0.1, -0.05) is 5.21 Å². The SMILES string of the molecule is CCOC(=O)c1nnn(-c2nc(OCC)nc(N(C)C)n2)c1C. The largest absolute Gasteiger partial charge is 0.464 e. The molecule has 0 aliphatic rings. The number of nitrogens with zero attached hydrogens (tertiary/aromatic N) is 7. The zero-order valence-electron chi connectivity index (χ0n) is 13.8. The van der Waals surface area contributed by atoms with Crippen LogP contribution in [-0.2, 0) is 4.74 Å². The topological polar surface area (TPSA) is 108 Å². The normalized spacial score (nSPS) is 10.5. The number of rotatable bonds is 6. The summed E-state index contributed by atoms with van der Waals surface area (Å²) >= 11 is 0. The van der Waals surface area contributed by atoms with Crippen molar-refractivity contribution in [3.63, 3.8) is 0 Å². The lowest BCUT2D eigenvalue weighted by molar-refractivity contribution is 0.0518. The van der Waals surface area contributed by atoms with Crippen LogP contribution in [-0.4, -0.2) is 63.2 Å². The van der Waals surface area contributed by atoms with E-state index in [2.05, 4.69) is 25.3 Å². The standard InChI is InChI=1S/C13H19N7O3/c1-6-22-10(21)9-8(3)20(18-17-9)12-14-11(19(4)5)15-13(16-12)23-7-2/h6-7H2,1-5H3. The summed E-state index contributed by atoms with van der Waals surface area (Å²) in [5, 5.41) is 7.77. The van der Waals surface area contributed by atoms with Crippen LogP contribution in [0.4, 0.5) is 5.95 Å². The molecule has 124 valence electrons. The van der Waals surface area contributed by atoms with E-state index in [1.165, 1.54) is 4.68 Å². The Morgan fingerprint density at radius 2 is 1.91 bits per heavy atom. The Morgan fingerprint density at radius 1 is 1.17 bits per heavy atom. The van der Waals surface area contributed by atoms with E-state index >= 15 is 0 Å². The number of carbonyl (C=O) groups excluding carboxylic acids is 1. The molecule has 10 nitrogen and oxygen atoms in total. The van der Waals surface area contributed by atoms with Crippen LogP contribution in [0.15, 0.2) is 0 Å². The molecule has 0 atom stereocenters. The molecule has 0 N–H and O–H groups in total. The van der Waals surface area contributed by atoms with Crippen LogP contribution in [0.2, 0.25) is 0 Å². The number of carbonyl (C=O) groups is 1. The van der Waals surface area contributed by atoms with Gasteiger partial charge in [0, 0.05) is 14.1 Å². The Hall–Kier alpha value is -2.78. The molecule has 0 amide bonds. The van der Waals surface area contributed by atoms with E-state index in [1.807, 2.05) is 6.92 Å². The molecule has 2 rings (SSSR count). The van der Waals surface area contributed by atoms with Crippen LogP contribution in [0.1, 0.15) is 30.0 Å². The highest BCUT2D eigenvalue weighted by atomic mass is 16.5. The molecule has 2 aromatic rings. The molecule has 23 heavy (non-hydrogen) atoms. The Balaban J connectivity index is 2.47. The van der Waals surface area contributed by atoms with Gasteiger partial charge in [-0.15, -0.1) is 5.10 Å². The van der Waals surface area contributed by atoms with Gasteiger partial charge in [-0.3, -0.25) is 0 Å². The maximum atomic E-state index is 11.8. The van der Waals surface area contributed by atoms with Crippen molar-refractivity contribution in [1.82, 2.24) is 29.9 Å². The molecule has 0 saturated heterocycles. The molecular weight excluding hydrogens is 302 g/mol. The predicted octanol–water partition coefficient (Wildman–Crippen LogP) is 0.402. The smallest absolute Gasteiger partial charge is 0.360 e. The monoisotopic (exact) mass is 321 g/mol. The van der Waals surface area contributed by atoms with E-state index in [0.29, 0.717) is 18.2 Å². The van der Waals surface area contributed by atoms with E-state index in [0.717, 1.165) is 0 Å². The molecule has 0 aliphatic heterocycles. The third-order valence-electron chi connectivity index (χ3n) is 2.82. The van der Waals surface area contributed by atoms with Gasteiger partial charge in [-0.05, 0) is 20.8 Å². The summed E-state index contributed by atoms with van der Waals surface area (Å²) in [4.78, 5) is 26.2. The maximum Gasteiger partial charge on any atom is 0.360 e. The minimum atomic E-state index is -0.539. The average molecular weight is 321 g/mol. The van der Waals surface area contributed by atoms with E-state index in [-0.39, 0.29) is 24.3 Å². The fourth-order valence-electron chi connectivity index (χ4n) is 1.73. The van der Waals surface area contributed by atoms with Crippen LogP contribution in [0.25, 0.3) is 5.95 Å². The van der Waals surface area contributed by atoms with Gasteiger partial charge in [0.2, 0.25) is 5.95 Å². The van der Waals surface area contributed by atoms with Gasteiger partial charge >= 0.3 is 12.0 Å². The molecule has 0 radical (unpaired) electrons.